The SMILES string of the molecule is O=C(NC1C2CCN(CC2)C1Cc1cccnc1)c1cc(F)ccc1F. The van der Waals surface area contributed by atoms with Gasteiger partial charge in [0.05, 0.1) is 5.56 Å². The first kappa shape index (κ1) is 17.1. The lowest BCUT2D eigenvalue weighted by Crippen LogP contribution is -2.64. The standard InChI is InChI=1S/C20H21F2N3O/c21-15-3-4-17(22)16(11-15)20(26)24-19-14-5-8-25(9-6-14)18(19)10-13-2-1-7-23-12-13/h1-4,7,11-12,14,18-19H,5-6,8-10H2,(H,24,26). The number of hydrogen-bond donors (Lipinski definition) is 1. The third-order valence-electron chi connectivity index (χ3n) is 5.60. The van der Waals surface area contributed by atoms with Crippen molar-refractivity contribution in [3.05, 3.63) is 65.5 Å². The summed E-state index contributed by atoms with van der Waals surface area (Å²) in [6, 6.07) is 6.98. The number of nitrogens with zero attached hydrogens (tertiary/aromatic N) is 2. The van der Waals surface area contributed by atoms with Crippen LogP contribution in [0.15, 0.2) is 42.7 Å². The maximum Gasteiger partial charge on any atom is 0.254 e. The van der Waals surface area contributed by atoms with E-state index >= 15 is 0 Å². The molecule has 3 fully saturated rings. The molecular weight excluding hydrogens is 336 g/mol. The van der Waals surface area contributed by atoms with Crippen LogP contribution in [-0.2, 0) is 6.42 Å². The molecule has 3 saturated heterocycles. The number of benzene rings is 1. The van der Waals surface area contributed by atoms with E-state index in [1.165, 1.54) is 0 Å². The lowest BCUT2D eigenvalue weighted by molar-refractivity contribution is 0.0135. The average molecular weight is 357 g/mol. The largest absolute Gasteiger partial charge is 0.347 e. The second kappa shape index (κ2) is 7.11. The van der Waals surface area contributed by atoms with Crippen molar-refractivity contribution < 1.29 is 13.6 Å². The zero-order valence-corrected chi connectivity index (χ0v) is 14.4. The lowest BCUT2D eigenvalue weighted by atomic mass is 9.76. The molecule has 3 aliphatic heterocycles. The molecule has 0 radical (unpaired) electrons. The van der Waals surface area contributed by atoms with Crippen LogP contribution in [0.5, 0.6) is 0 Å². The molecule has 1 amide bonds. The van der Waals surface area contributed by atoms with Crippen molar-refractivity contribution in [1.29, 1.82) is 0 Å². The van der Waals surface area contributed by atoms with Gasteiger partial charge in [-0.15, -0.1) is 0 Å². The van der Waals surface area contributed by atoms with Gasteiger partial charge in [0.1, 0.15) is 11.6 Å². The first-order valence-electron chi connectivity index (χ1n) is 9.00. The first-order chi connectivity index (χ1) is 12.6. The molecule has 5 rings (SSSR count). The molecule has 4 nitrogen and oxygen atoms in total. The maximum atomic E-state index is 14.0. The van der Waals surface area contributed by atoms with E-state index in [9.17, 15) is 13.6 Å². The minimum absolute atomic E-state index is 0.0760. The molecule has 0 aliphatic carbocycles. The topological polar surface area (TPSA) is 45.2 Å². The molecular formula is C20H21F2N3O. The summed E-state index contributed by atoms with van der Waals surface area (Å²) in [4.78, 5) is 19.2. The number of pyridine rings is 1. The molecule has 136 valence electrons. The van der Waals surface area contributed by atoms with Gasteiger partial charge < -0.3 is 5.32 Å². The Labute approximate surface area is 151 Å². The lowest BCUT2D eigenvalue weighted by Gasteiger charge is -2.51. The molecule has 26 heavy (non-hydrogen) atoms. The van der Waals surface area contributed by atoms with Crippen molar-refractivity contribution in [2.45, 2.75) is 31.3 Å². The molecule has 0 saturated carbocycles. The third-order valence-corrected chi connectivity index (χ3v) is 5.60. The Morgan fingerprint density at radius 3 is 2.77 bits per heavy atom. The Morgan fingerprint density at radius 2 is 2.04 bits per heavy atom. The molecule has 2 unspecified atom stereocenters. The number of carbonyl (C=O) groups excluding carboxylic acids is 1. The molecule has 2 atom stereocenters. The maximum absolute atomic E-state index is 14.0. The highest BCUT2D eigenvalue weighted by Crippen LogP contribution is 2.34. The van der Waals surface area contributed by atoms with E-state index in [-0.39, 0.29) is 17.6 Å². The molecule has 1 N–H and O–H groups in total. The van der Waals surface area contributed by atoms with E-state index in [2.05, 4.69) is 15.2 Å². The van der Waals surface area contributed by atoms with Crippen molar-refractivity contribution in [3.63, 3.8) is 0 Å². The first-order valence-corrected chi connectivity index (χ1v) is 9.00. The highest BCUT2D eigenvalue weighted by atomic mass is 19.1. The highest BCUT2D eigenvalue weighted by molar-refractivity contribution is 5.94. The van der Waals surface area contributed by atoms with Crippen molar-refractivity contribution in [1.82, 2.24) is 15.2 Å². The van der Waals surface area contributed by atoms with E-state index < -0.39 is 17.5 Å². The smallest absolute Gasteiger partial charge is 0.254 e. The van der Waals surface area contributed by atoms with Gasteiger partial charge in [0, 0.05) is 24.5 Å². The monoisotopic (exact) mass is 357 g/mol. The molecule has 3 aliphatic rings. The van der Waals surface area contributed by atoms with E-state index in [4.69, 9.17) is 0 Å². The number of amides is 1. The summed E-state index contributed by atoms with van der Waals surface area (Å²) in [7, 11) is 0. The van der Waals surface area contributed by atoms with Gasteiger partial charge in [0.25, 0.3) is 5.91 Å². The zero-order chi connectivity index (χ0) is 18.1. The van der Waals surface area contributed by atoms with Crippen molar-refractivity contribution in [2.24, 2.45) is 5.92 Å². The number of aromatic nitrogens is 1. The van der Waals surface area contributed by atoms with Crippen LogP contribution < -0.4 is 5.32 Å². The van der Waals surface area contributed by atoms with Crippen LogP contribution in [0.3, 0.4) is 0 Å². The molecule has 1 aromatic carbocycles. The van der Waals surface area contributed by atoms with Crippen LogP contribution >= 0.6 is 0 Å². The minimum Gasteiger partial charge on any atom is -0.347 e. The number of nitrogens with one attached hydrogen (secondary N) is 1. The summed E-state index contributed by atoms with van der Waals surface area (Å²) in [6.07, 6.45) is 6.39. The number of carbonyl (C=O) groups is 1. The molecule has 0 spiro atoms. The fraction of sp³-hybridized carbons (Fsp3) is 0.400. The van der Waals surface area contributed by atoms with Crippen LogP contribution in [0.25, 0.3) is 0 Å². The van der Waals surface area contributed by atoms with Gasteiger partial charge in [0.2, 0.25) is 0 Å². The van der Waals surface area contributed by atoms with E-state index in [1.807, 2.05) is 18.3 Å². The third kappa shape index (κ3) is 3.33. The Hall–Kier alpha value is -2.34. The van der Waals surface area contributed by atoms with Crippen molar-refractivity contribution >= 4 is 5.91 Å². The van der Waals surface area contributed by atoms with E-state index in [0.29, 0.717) is 5.92 Å². The predicted molar refractivity (Wildman–Crippen MR) is 93.6 cm³/mol. The normalized spacial score (nSPS) is 27.3. The number of rotatable bonds is 4. The Bertz CT molecular complexity index is 791. The van der Waals surface area contributed by atoms with Gasteiger partial charge in [-0.05, 0) is 68.1 Å². The minimum atomic E-state index is -0.700. The fourth-order valence-corrected chi connectivity index (χ4v) is 4.28. The number of hydrogen-bond acceptors (Lipinski definition) is 3. The Morgan fingerprint density at radius 1 is 1.23 bits per heavy atom. The molecule has 4 heterocycles. The van der Waals surface area contributed by atoms with Crippen LogP contribution in [0.2, 0.25) is 0 Å². The number of piperidine rings is 3. The molecule has 6 heteroatoms. The highest BCUT2D eigenvalue weighted by Gasteiger charge is 2.43. The van der Waals surface area contributed by atoms with Gasteiger partial charge in [0.15, 0.2) is 0 Å². The Balaban J connectivity index is 1.56. The summed E-state index contributed by atoms with van der Waals surface area (Å²) < 4.78 is 27.4. The van der Waals surface area contributed by atoms with Crippen LogP contribution in [0.4, 0.5) is 8.78 Å². The van der Waals surface area contributed by atoms with Gasteiger partial charge in [-0.3, -0.25) is 14.7 Å². The molecule has 1 aromatic heterocycles. The second-order valence-electron chi connectivity index (χ2n) is 7.13. The van der Waals surface area contributed by atoms with Gasteiger partial charge in [-0.25, -0.2) is 8.78 Å². The summed E-state index contributed by atoms with van der Waals surface area (Å²) in [5.41, 5.74) is 0.878. The van der Waals surface area contributed by atoms with Crippen LogP contribution in [0.1, 0.15) is 28.8 Å². The van der Waals surface area contributed by atoms with E-state index in [1.54, 1.807) is 6.20 Å². The fourth-order valence-electron chi connectivity index (χ4n) is 4.28. The molecule has 2 bridgehead atoms. The van der Waals surface area contributed by atoms with Crippen molar-refractivity contribution in [2.75, 3.05) is 13.1 Å². The van der Waals surface area contributed by atoms with E-state index in [0.717, 1.165) is 56.1 Å². The number of fused-ring (bicyclic) bond motifs is 3. The summed E-state index contributed by atoms with van der Waals surface area (Å²) in [5, 5.41) is 3.00. The summed E-state index contributed by atoms with van der Waals surface area (Å²) >= 11 is 0. The van der Waals surface area contributed by atoms with Gasteiger partial charge in [-0.2, -0.15) is 0 Å². The van der Waals surface area contributed by atoms with Crippen LogP contribution in [0, 0.1) is 17.6 Å². The quantitative estimate of drug-likeness (QED) is 0.915. The Kier molecular flexibility index (Phi) is 4.68. The average Bonchev–Trinajstić information content (AvgIpc) is 2.67. The van der Waals surface area contributed by atoms with Gasteiger partial charge >= 0.3 is 0 Å². The van der Waals surface area contributed by atoms with Crippen LogP contribution in [-0.4, -0.2) is 41.0 Å². The second-order valence-corrected chi connectivity index (χ2v) is 7.13. The predicted octanol–water partition coefficient (Wildman–Crippen LogP) is 2.80. The van der Waals surface area contributed by atoms with Crippen molar-refractivity contribution in [3.8, 4) is 0 Å². The molecule has 2 aromatic rings. The summed E-state index contributed by atoms with van der Waals surface area (Å²) in [6.45, 7) is 2.02. The summed E-state index contributed by atoms with van der Waals surface area (Å²) in [5.74, 6) is -1.49. The zero-order valence-electron chi connectivity index (χ0n) is 14.4. The number of halogens is 2. The van der Waals surface area contributed by atoms with Gasteiger partial charge in [-0.1, -0.05) is 6.07 Å².